The molecule has 2 aromatic carbocycles. The molecule has 0 spiro atoms. The summed E-state index contributed by atoms with van der Waals surface area (Å²) in [6.07, 6.45) is 1.54. The Bertz CT molecular complexity index is 1200. The van der Waals surface area contributed by atoms with Gasteiger partial charge in [-0.15, -0.1) is 0 Å². The number of aryl methyl sites for hydroxylation is 1. The summed E-state index contributed by atoms with van der Waals surface area (Å²) < 4.78 is 39.1. The Morgan fingerprint density at radius 1 is 1.23 bits per heavy atom. The Morgan fingerprint density at radius 3 is 2.67 bits per heavy atom. The molecular weight excluding hydrogens is 426 g/mol. The van der Waals surface area contributed by atoms with Crippen LogP contribution in [0, 0.1) is 6.92 Å². The molecule has 2 heterocycles. The number of benzene rings is 2. The van der Waals surface area contributed by atoms with Crippen LogP contribution in [0.15, 0.2) is 51.8 Å². The smallest absolute Gasteiger partial charge is 0.374 e. The van der Waals surface area contributed by atoms with Crippen LogP contribution in [0.4, 0.5) is 0 Å². The van der Waals surface area contributed by atoms with Crippen molar-refractivity contribution in [2.45, 2.75) is 37.6 Å². The maximum Gasteiger partial charge on any atom is 0.374 e. The second-order valence-electron chi connectivity index (χ2n) is 7.26. The van der Waals surface area contributed by atoms with E-state index >= 15 is 0 Å². The van der Waals surface area contributed by atoms with Crippen LogP contribution in [-0.4, -0.2) is 31.8 Å². The van der Waals surface area contributed by atoms with Crippen LogP contribution >= 0.6 is 11.6 Å². The van der Waals surface area contributed by atoms with Crippen molar-refractivity contribution in [1.29, 1.82) is 0 Å². The van der Waals surface area contributed by atoms with Gasteiger partial charge in [0.25, 0.3) is 0 Å². The number of furan rings is 1. The molecule has 1 fully saturated rings. The molecular formula is C22H22ClNO5S. The van der Waals surface area contributed by atoms with Crippen LogP contribution in [-0.2, 0) is 14.8 Å². The van der Waals surface area contributed by atoms with Gasteiger partial charge in [0, 0.05) is 22.5 Å². The van der Waals surface area contributed by atoms with Crippen molar-refractivity contribution in [1.82, 2.24) is 4.31 Å². The van der Waals surface area contributed by atoms with Gasteiger partial charge in [0.2, 0.25) is 15.8 Å². The van der Waals surface area contributed by atoms with Gasteiger partial charge in [-0.05, 0) is 62.6 Å². The van der Waals surface area contributed by atoms with Crippen LogP contribution in [0.2, 0.25) is 5.02 Å². The fraction of sp³-hybridized carbons (Fsp3) is 0.318. The quantitative estimate of drug-likeness (QED) is 0.508. The van der Waals surface area contributed by atoms with Crippen LogP contribution in [0.5, 0.6) is 0 Å². The van der Waals surface area contributed by atoms with Crippen molar-refractivity contribution in [3.63, 3.8) is 0 Å². The average Bonchev–Trinajstić information content (AvgIpc) is 3.34. The number of rotatable bonds is 5. The number of nitrogens with zero attached hydrogens (tertiary/aromatic N) is 1. The number of hydrogen-bond donors (Lipinski definition) is 0. The minimum Gasteiger partial charge on any atom is -0.460 e. The zero-order valence-corrected chi connectivity index (χ0v) is 18.3. The lowest BCUT2D eigenvalue weighted by molar-refractivity contribution is 0.0491. The first-order valence-corrected chi connectivity index (χ1v) is 11.6. The SMILES string of the molecule is CCOC(=O)c1oc2ccc(S(=O)(=O)N3CCC[C@H]3c3ccc(Cl)cc3)cc2c1C. The number of esters is 1. The van der Waals surface area contributed by atoms with E-state index in [1.54, 1.807) is 42.4 Å². The monoisotopic (exact) mass is 447 g/mol. The van der Waals surface area contributed by atoms with E-state index in [0.29, 0.717) is 28.1 Å². The van der Waals surface area contributed by atoms with Gasteiger partial charge in [0.1, 0.15) is 5.58 Å². The van der Waals surface area contributed by atoms with Gasteiger partial charge in [-0.3, -0.25) is 0 Å². The zero-order valence-electron chi connectivity index (χ0n) is 16.7. The van der Waals surface area contributed by atoms with Crippen molar-refractivity contribution < 1.29 is 22.4 Å². The largest absolute Gasteiger partial charge is 0.460 e. The standard InChI is InChI=1S/C22H22ClNO5S/c1-3-28-22(25)21-14(2)18-13-17(10-11-20(18)29-21)30(26,27)24-12-4-5-19(24)15-6-8-16(23)9-7-15/h6-11,13,19H,3-5,12H2,1-2H3/t19-/m0/s1. The summed E-state index contributed by atoms with van der Waals surface area (Å²) in [5.41, 5.74) is 1.94. The minimum atomic E-state index is -3.73. The number of fused-ring (bicyclic) bond motifs is 1. The number of sulfonamides is 1. The highest BCUT2D eigenvalue weighted by atomic mass is 35.5. The average molecular weight is 448 g/mol. The minimum absolute atomic E-state index is 0.0987. The molecule has 1 aliphatic rings. The number of carbonyl (C=O) groups is 1. The third-order valence-electron chi connectivity index (χ3n) is 5.43. The molecule has 30 heavy (non-hydrogen) atoms. The molecule has 0 radical (unpaired) electrons. The van der Waals surface area contributed by atoms with Crippen molar-refractivity contribution in [2.24, 2.45) is 0 Å². The first-order valence-electron chi connectivity index (χ1n) is 9.80. The molecule has 1 aromatic heterocycles. The fourth-order valence-electron chi connectivity index (χ4n) is 3.93. The van der Waals surface area contributed by atoms with E-state index in [4.69, 9.17) is 20.8 Å². The van der Waals surface area contributed by atoms with E-state index in [1.807, 2.05) is 12.1 Å². The molecule has 158 valence electrons. The van der Waals surface area contributed by atoms with Crippen molar-refractivity contribution in [2.75, 3.05) is 13.2 Å². The van der Waals surface area contributed by atoms with Crippen LogP contribution in [0.25, 0.3) is 11.0 Å². The normalized spacial score (nSPS) is 17.5. The molecule has 1 atom stereocenters. The second kappa shape index (κ2) is 8.06. The Hall–Kier alpha value is -2.35. The molecule has 8 heteroatoms. The summed E-state index contributed by atoms with van der Waals surface area (Å²) in [6.45, 7) is 4.12. The highest BCUT2D eigenvalue weighted by molar-refractivity contribution is 7.89. The van der Waals surface area contributed by atoms with Crippen LogP contribution in [0.1, 0.15) is 47.5 Å². The maximum absolute atomic E-state index is 13.5. The molecule has 0 bridgehead atoms. The van der Waals surface area contributed by atoms with Crippen LogP contribution in [0.3, 0.4) is 0 Å². The number of halogens is 1. The van der Waals surface area contributed by atoms with E-state index in [9.17, 15) is 13.2 Å². The van der Waals surface area contributed by atoms with Gasteiger partial charge in [-0.1, -0.05) is 23.7 Å². The Morgan fingerprint density at radius 2 is 1.97 bits per heavy atom. The molecule has 0 unspecified atom stereocenters. The van der Waals surface area contributed by atoms with E-state index in [1.165, 1.54) is 6.07 Å². The molecule has 0 amide bonds. The second-order valence-corrected chi connectivity index (χ2v) is 9.59. The molecule has 1 aliphatic heterocycles. The Labute approximate surface area is 180 Å². The number of hydrogen-bond acceptors (Lipinski definition) is 5. The Balaban J connectivity index is 1.72. The highest BCUT2D eigenvalue weighted by Gasteiger charge is 2.36. The predicted molar refractivity (Wildman–Crippen MR) is 114 cm³/mol. The van der Waals surface area contributed by atoms with Gasteiger partial charge in [-0.2, -0.15) is 4.31 Å². The first kappa shape index (κ1) is 20.9. The summed E-state index contributed by atoms with van der Waals surface area (Å²) in [5.74, 6) is -0.459. The van der Waals surface area contributed by atoms with Gasteiger partial charge < -0.3 is 9.15 Å². The third-order valence-corrected chi connectivity index (χ3v) is 7.59. The molecule has 4 rings (SSSR count). The van der Waals surface area contributed by atoms with E-state index < -0.39 is 16.0 Å². The molecule has 0 aliphatic carbocycles. The van der Waals surface area contributed by atoms with Gasteiger partial charge in [0.15, 0.2) is 0 Å². The topological polar surface area (TPSA) is 76.8 Å². The summed E-state index contributed by atoms with van der Waals surface area (Å²) in [6, 6.07) is 11.7. The molecule has 0 saturated carbocycles. The Kier molecular flexibility index (Phi) is 5.61. The fourth-order valence-corrected chi connectivity index (χ4v) is 5.77. The molecule has 3 aromatic rings. The number of ether oxygens (including phenoxy) is 1. The van der Waals surface area contributed by atoms with Crippen molar-refractivity contribution >= 4 is 38.6 Å². The third kappa shape index (κ3) is 3.62. The maximum atomic E-state index is 13.5. The predicted octanol–water partition coefficient (Wildman–Crippen LogP) is 5.10. The van der Waals surface area contributed by atoms with Gasteiger partial charge in [-0.25, -0.2) is 13.2 Å². The van der Waals surface area contributed by atoms with E-state index in [0.717, 1.165) is 18.4 Å². The lowest BCUT2D eigenvalue weighted by Gasteiger charge is -2.24. The summed E-state index contributed by atoms with van der Waals surface area (Å²) in [5, 5.41) is 1.20. The molecule has 0 N–H and O–H groups in total. The van der Waals surface area contributed by atoms with Crippen LogP contribution < -0.4 is 0 Å². The van der Waals surface area contributed by atoms with Crippen molar-refractivity contribution in [3.05, 3.63) is 64.4 Å². The van der Waals surface area contributed by atoms with E-state index in [-0.39, 0.29) is 23.3 Å². The number of carbonyl (C=O) groups excluding carboxylic acids is 1. The lowest BCUT2D eigenvalue weighted by atomic mass is 10.1. The highest BCUT2D eigenvalue weighted by Crippen LogP contribution is 2.38. The lowest BCUT2D eigenvalue weighted by Crippen LogP contribution is -2.30. The first-order chi connectivity index (χ1) is 14.3. The summed E-state index contributed by atoms with van der Waals surface area (Å²) >= 11 is 5.98. The van der Waals surface area contributed by atoms with Gasteiger partial charge >= 0.3 is 5.97 Å². The zero-order chi connectivity index (χ0) is 21.5. The summed E-state index contributed by atoms with van der Waals surface area (Å²) in [7, 11) is -3.73. The molecule has 6 nitrogen and oxygen atoms in total. The summed E-state index contributed by atoms with van der Waals surface area (Å²) in [4.78, 5) is 12.3. The molecule has 1 saturated heterocycles. The van der Waals surface area contributed by atoms with Gasteiger partial charge in [0.05, 0.1) is 17.5 Å². The van der Waals surface area contributed by atoms with E-state index in [2.05, 4.69) is 0 Å². The van der Waals surface area contributed by atoms with Crippen molar-refractivity contribution in [3.8, 4) is 0 Å².